The summed E-state index contributed by atoms with van der Waals surface area (Å²) in [6.07, 6.45) is -6.20. The van der Waals surface area contributed by atoms with Crippen LogP contribution in [0, 0.1) is 6.92 Å². The number of hydrogen-bond donors (Lipinski definition) is 4. The molecule has 5 atom stereocenters. The van der Waals surface area contributed by atoms with Crippen LogP contribution in [0.3, 0.4) is 0 Å². The number of nitrogens with zero attached hydrogens (tertiary/aromatic N) is 2. The Bertz CT molecular complexity index is 879. The molecule has 0 saturated carbocycles. The molecule has 1 saturated heterocycles. The van der Waals surface area contributed by atoms with Crippen LogP contribution in [0.5, 0.6) is 11.6 Å². The van der Waals surface area contributed by atoms with E-state index in [9.17, 15) is 20.4 Å². The third-order valence-corrected chi connectivity index (χ3v) is 5.48. The van der Waals surface area contributed by atoms with Crippen molar-refractivity contribution >= 4 is 0 Å². The number of aliphatic hydroxyl groups is 4. The second kappa shape index (κ2) is 10.2. The van der Waals surface area contributed by atoms with Gasteiger partial charge in [0.25, 0.3) is 0 Å². The molecule has 0 spiro atoms. The topological polar surface area (TPSA) is 126 Å². The monoisotopic (exact) mass is 450 g/mol. The van der Waals surface area contributed by atoms with Crippen molar-refractivity contribution in [2.24, 2.45) is 0 Å². The minimum Gasteiger partial charge on any atom is -0.491 e. The Kier molecular flexibility index (Phi) is 7.79. The van der Waals surface area contributed by atoms with Gasteiger partial charge in [0.15, 0.2) is 0 Å². The number of rotatable bonds is 8. The highest BCUT2D eigenvalue weighted by Crippen LogP contribution is 2.31. The Balaban J connectivity index is 1.87. The van der Waals surface area contributed by atoms with Crippen molar-refractivity contribution in [1.82, 2.24) is 9.78 Å². The second-order valence-electron chi connectivity index (χ2n) is 8.71. The van der Waals surface area contributed by atoms with Crippen molar-refractivity contribution < 1.29 is 34.6 Å². The summed E-state index contributed by atoms with van der Waals surface area (Å²) in [6, 6.07) is 7.84. The van der Waals surface area contributed by atoms with Gasteiger partial charge in [-0.15, -0.1) is 5.10 Å². The summed E-state index contributed by atoms with van der Waals surface area (Å²) in [4.78, 5) is 0. The van der Waals surface area contributed by atoms with Crippen molar-refractivity contribution in [2.45, 2.75) is 83.9 Å². The Morgan fingerprint density at radius 2 is 1.69 bits per heavy atom. The zero-order chi connectivity index (χ0) is 23.6. The van der Waals surface area contributed by atoms with Crippen LogP contribution in [0.2, 0.25) is 0 Å². The molecule has 0 amide bonds. The van der Waals surface area contributed by atoms with E-state index in [4.69, 9.17) is 14.2 Å². The third kappa shape index (κ3) is 5.24. The van der Waals surface area contributed by atoms with Crippen LogP contribution in [0.1, 0.15) is 50.6 Å². The van der Waals surface area contributed by atoms with E-state index in [1.165, 1.54) is 0 Å². The number of benzene rings is 1. The maximum absolute atomic E-state index is 10.4. The summed E-state index contributed by atoms with van der Waals surface area (Å²) in [6.45, 7) is 9.36. The first kappa shape index (κ1) is 24.5. The number of hydrogen-bond acceptors (Lipinski definition) is 8. The fourth-order valence-corrected chi connectivity index (χ4v) is 3.76. The van der Waals surface area contributed by atoms with Crippen molar-refractivity contribution in [3.63, 3.8) is 0 Å². The van der Waals surface area contributed by atoms with Crippen molar-refractivity contribution in [3.8, 4) is 11.6 Å². The Hall–Kier alpha value is -2.17. The molecule has 4 N–H and O–H groups in total. The van der Waals surface area contributed by atoms with Gasteiger partial charge in [-0.05, 0) is 52.3 Å². The zero-order valence-corrected chi connectivity index (χ0v) is 19.2. The first-order valence-electron chi connectivity index (χ1n) is 10.9. The molecule has 0 bridgehead atoms. The van der Waals surface area contributed by atoms with Crippen LogP contribution in [0.15, 0.2) is 24.3 Å². The van der Waals surface area contributed by atoms with E-state index in [1.807, 2.05) is 63.6 Å². The minimum absolute atomic E-state index is 0.0720. The van der Waals surface area contributed by atoms with Gasteiger partial charge in [0, 0.05) is 23.7 Å². The first-order valence-corrected chi connectivity index (χ1v) is 10.9. The standard InChI is InChI=1S/C23H34N2O7/c1-12(2)25-14(5)17(10-15-6-8-16(9-7-15)30-13(3)4)22(24-25)32-23-21(29)20(28)19(27)18(11-26)31-23/h6-9,12-13,18-21,23,26-29H,10-11H2,1-5H3/t18?,19-,20+,21-,23+/m1/s1. The van der Waals surface area contributed by atoms with Gasteiger partial charge in [-0.2, -0.15) is 0 Å². The van der Waals surface area contributed by atoms with E-state index < -0.39 is 37.3 Å². The highest BCUT2D eigenvalue weighted by molar-refractivity contribution is 5.38. The number of aliphatic hydroxyl groups excluding tert-OH is 4. The maximum atomic E-state index is 10.4. The fourth-order valence-electron chi connectivity index (χ4n) is 3.76. The molecule has 0 radical (unpaired) electrons. The van der Waals surface area contributed by atoms with Crippen LogP contribution >= 0.6 is 0 Å². The van der Waals surface area contributed by atoms with Gasteiger partial charge in [-0.1, -0.05) is 12.1 Å². The summed E-state index contributed by atoms with van der Waals surface area (Å²) in [7, 11) is 0. The molecule has 1 unspecified atom stereocenters. The average Bonchev–Trinajstić information content (AvgIpc) is 3.05. The summed E-state index contributed by atoms with van der Waals surface area (Å²) in [5.74, 6) is 1.05. The van der Waals surface area contributed by atoms with E-state index in [0.717, 1.165) is 22.6 Å². The van der Waals surface area contributed by atoms with E-state index in [-0.39, 0.29) is 18.0 Å². The molecule has 1 fully saturated rings. The molecule has 1 aliphatic rings. The van der Waals surface area contributed by atoms with Crippen molar-refractivity contribution in [1.29, 1.82) is 0 Å². The normalized spacial score (nSPS) is 26.0. The van der Waals surface area contributed by atoms with Crippen molar-refractivity contribution in [2.75, 3.05) is 6.61 Å². The second-order valence-corrected chi connectivity index (χ2v) is 8.71. The molecule has 2 aromatic rings. The van der Waals surface area contributed by atoms with Gasteiger partial charge in [0.05, 0.1) is 12.7 Å². The predicted molar refractivity (Wildman–Crippen MR) is 117 cm³/mol. The van der Waals surface area contributed by atoms with E-state index >= 15 is 0 Å². The van der Waals surface area contributed by atoms with Crippen LogP contribution in [-0.4, -0.2) is 73.6 Å². The Morgan fingerprint density at radius 1 is 1.03 bits per heavy atom. The molecule has 32 heavy (non-hydrogen) atoms. The predicted octanol–water partition coefficient (Wildman–Crippen LogP) is 1.33. The average molecular weight is 451 g/mol. The van der Waals surface area contributed by atoms with Crippen LogP contribution in [0.25, 0.3) is 0 Å². The summed E-state index contributed by atoms with van der Waals surface area (Å²) in [5.41, 5.74) is 2.74. The van der Waals surface area contributed by atoms with Gasteiger partial charge in [0.1, 0.15) is 30.2 Å². The fraction of sp³-hybridized carbons (Fsp3) is 0.609. The van der Waals surface area contributed by atoms with E-state index in [0.29, 0.717) is 6.42 Å². The smallest absolute Gasteiger partial charge is 0.239 e. The molecule has 0 aliphatic carbocycles. The molecule has 1 aliphatic heterocycles. The number of aromatic nitrogens is 2. The molecule has 9 heteroatoms. The highest BCUT2D eigenvalue weighted by Gasteiger charge is 2.45. The van der Waals surface area contributed by atoms with Gasteiger partial charge in [0.2, 0.25) is 12.2 Å². The van der Waals surface area contributed by atoms with E-state index in [2.05, 4.69) is 5.10 Å². The van der Waals surface area contributed by atoms with Crippen LogP contribution in [0.4, 0.5) is 0 Å². The molecular formula is C23H34N2O7. The molecule has 1 aromatic heterocycles. The largest absolute Gasteiger partial charge is 0.491 e. The lowest BCUT2D eigenvalue weighted by Crippen LogP contribution is -2.60. The first-order chi connectivity index (χ1) is 15.1. The maximum Gasteiger partial charge on any atom is 0.239 e. The zero-order valence-electron chi connectivity index (χ0n) is 19.2. The van der Waals surface area contributed by atoms with Gasteiger partial charge in [-0.3, -0.25) is 4.68 Å². The summed E-state index contributed by atoms with van der Waals surface area (Å²) < 4.78 is 18.9. The van der Waals surface area contributed by atoms with Crippen LogP contribution in [-0.2, 0) is 11.2 Å². The summed E-state index contributed by atoms with van der Waals surface area (Å²) in [5, 5.41) is 44.4. The lowest BCUT2D eigenvalue weighted by molar-refractivity contribution is -0.278. The molecular weight excluding hydrogens is 416 g/mol. The van der Waals surface area contributed by atoms with E-state index in [1.54, 1.807) is 0 Å². The third-order valence-electron chi connectivity index (χ3n) is 5.48. The Labute approximate surface area is 188 Å². The van der Waals surface area contributed by atoms with Crippen molar-refractivity contribution in [3.05, 3.63) is 41.1 Å². The summed E-state index contributed by atoms with van der Waals surface area (Å²) >= 11 is 0. The Morgan fingerprint density at radius 3 is 2.25 bits per heavy atom. The molecule has 9 nitrogen and oxygen atoms in total. The van der Waals surface area contributed by atoms with Gasteiger partial charge < -0.3 is 34.6 Å². The van der Waals surface area contributed by atoms with Crippen LogP contribution < -0.4 is 9.47 Å². The molecule has 2 heterocycles. The lowest BCUT2D eigenvalue weighted by Gasteiger charge is -2.39. The van der Waals surface area contributed by atoms with Gasteiger partial charge >= 0.3 is 0 Å². The quantitative estimate of drug-likeness (QED) is 0.475. The lowest BCUT2D eigenvalue weighted by atomic mass is 9.99. The SMILES string of the molecule is Cc1c(Cc2ccc(OC(C)C)cc2)c(O[C@@H]2OC(CO)[C@@H](O)[C@H](O)[C@H]2O)nn1C(C)C. The molecule has 1 aromatic carbocycles. The molecule has 178 valence electrons. The number of ether oxygens (including phenoxy) is 3. The minimum atomic E-state index is -1.52. The van der Waals surface area contributed by atoms with Gasteiger partial charge in [-0.25, -0.2) is 0 Å². The highest BCUT2D eigenvalue weighted by atomic mass is 16.7. The molecule has 3 rings (SSSR count).